The quantitative estimate of drug-likeness (QED) is 0.733. The van der Waals surface area contributed by atoms with Crippen molar-refractivity contribution in [3.8, 4) is 0 Å². The lowest BCUT2D eigenvalue weighted by Crippen LogP contribution is -2.46. The molecule has 0 unspecified atom stereocenters. The van der Waals surface area contributed by atoms with Gasteiger partial charge >= 0.3 is 0 Å². The Balaban J connectivity index is 1.49. The molecule has 1 saturated heterocycles. The number of anilines is 1. The van der Waals surface area contributed by atoms with Gasteiger partial charge in [0.2, 0.25) is 0 Å². The van der Waals surface area contributed by atoms with Gasteiger partial charge in [0.1, 0.15) is 0 Å². The summed E-state index contributed by atoms with van der Waals surface area (Å²) in [5.74, 6) is 0. The van der Waals surface area contributed by atoms with Crippen LogP contribution < -0.4 is 4.90 Å². The number of pyridine rings is 2. The van der Waals surface area contributed by atoms with E-state index < -0.39 is 0 Å². The number of piperazine rings is 1. The van der Waals surface area contributed by atoms with Crippen LogP contribution >= 0.6 is 11.6 Å². The highest BCUT2D eigenvalue weighted by molar-refractivity contribution is 6.35. The molecule has 3 aromatic rings. The zero-order valence-electron chi connectivity index (χ0n) is 13.3. The summed E-state index contributed by atoms with van der Waals surface area (Å²) in [4.78, 5) is 13.4. The van der Waals surface area contributed by atoms with Crippen molar-refractivity contribution < 1.29 is 0 Å². The van der Waals surface area contributed by atoms with Gasteiger partial charge in [-0.1, -0.05) is 11.6 Å². The number of rotatable bonds is 3. The summed E-state index contributed by atoms with van der Waals surface area (Å²) in [6.07, 6.45) is 5.52. The first-order valence-corrected chi connectivity index (χ1v) is 8.50. The van der Waals surface area contributed by atoms with E-state index >= 15 is 0 Å². The largest absolute Gasteiger partial charge is 0.367 e. The number of nitrogens with zero attached hydrogens (tertiary/aromatic N) is 4. The topological polar surface area (TPSA) is 32.3 Å². The molecule has 2 aromatic heterocycles. The molecule has 4 rings (SSSR count). The van der Waals surface area contributed by atoms with E-state index in [9.17, 15) is 0 Å². The summed E-state index contributed by atoms with van der Waals surface area (Å²) in [5.41, 5.74) is 3.30. The monoisotopic (exact) mass is 337 g/mol. The van der Waals surface area contributed by atoms with Crippen LogP contribution in [-0.2, 0) is 6.54 Å². The van der Waals surface area contributed by atoms with E-state index in [1.165, 1.54) is 5.56 Å². The van der Waals surface area contributed by atoms with Crippen molar-refractivity contribution in [2.24, 2.45) is 0 Å². The van der Waals surface area contributed by atoms with Crippen molar-refractivity contribution in [1.29, 1.82) is 0 Å². The van der Waals surface area contributed by atoms with E-state index in [1.807, 2.05) is 36.8 Å². The van der Waals surface area contributed by atoms with E-state index in [0.717, 1.165) is 49.3 Å². The highest BCUT2D eigenvalue weighted by atomic mass is 35.5. The maximum Gasteiger partial charge on any atom is 0.0956 e. The van der Waals surface area contributed by atoms with Crippen molar-refractivity contribution in [3.63, 3.8) is 0 Å². The van der Waals surface area contributed by atoms with Crippen molar-refractivity contribution in [3.05, 3.63) is 65.6 Å². The van der Waals surface area contributed by atoms with Gasteiger partial charge < -0.3 is 4.90 Å². The van der Waals surface area contributed by atoms with Crippen LogP contribution in [-0.4, -0.2) is 41.0 Å². The third-order valence-corrected chi connectivity index (χ3v) is 4.78. The molecular weight excluding hydrogens is 320 g/mol. The smallest absolute Gasteiger partial charge is 0.0956 e. The lowest BCUT2D eigenvalue weighted by atomic mass is 10.1. The normalized spacial score (nSPS) is 15.8. The van der Waals surface area contributed by atoms with Crippen LogP contribution in [0.1, 0.15) is 5.56 Å². The molecule has 3 heterocycles. The molecule has 0 spiro atoms. The molecule has 0 N–H and O–H groups in total. The number of halogens is 1. The summed E-state index contributed by atoms with van der Waals surface area (Å²) in [5, 5.41) is 1.70. The first-order chi connectivity index (χ1) is 11.8. The van der Waals surface area contributed by atoms with Gasteiger partial charge in [0, 0.05) is 62.8 Å². The van der Waals surface area contributed by atoms with Crippen molar-refractivity contribution >= 4 is 28.2 Å². The Morgan fingerprint density at radius 3 is 2.62 bits per heavy atom. The van der Waals surface area contributed by atoms with Gasteiger partial charge in [-0.2, -0.15) is 0 Å². The molecule has 0 saturated carbocycles. The number of aromatic nitrogens is 2. The highest BCUT2D eigenvalue weighted by Crippen LogP contribution is 2.30. The molecule has 0 bridgehead atoms. The van der Waals surface area contributed by atoms with Crippen LogP contribution in [0.25, 0.3) is 10.9 Å². The van der Waals surface area contributed by atoms with Crippen LogP contribution in [0.2, 0.25) is 5.02 Å². The fourth-order valence-corrected chi connectivity index (χ4v) is 3.39. The average Bonchev–Trinajstić information content (AvgIpc) is 2.64. The summed E-state index contributed by atoms with van der Waals surface area (Å²) >= 11 is 6.28. The number of benzene rings is 1. The predicted octanol–water partition coefficient (Wildman–Crippen LogP) is 3.41. The van der Waals surface area contributed by atoms with Gasteiger partial charge in [0.25, 0.3) is 0 Å². The summed E-state index contributed by atoms with van der Waals surface area (Å²) < 4.78 is 0. The van der Waals surface area contributed by atoms with Crippen LogP contribution in [0.15, 0.2) is 48.9 Å². The minimum absolute atomic E-state index is 0.707. The van der Waals surface area contributed by atoms with E-state index in [2.05, 4.69) is 38.0 Å². The number of hydrogen-bond acceptors (Lipinski definition) is 4. The number of fused-ring (bicyclic) bond motifs is 1. The Morgan fingerprint density at radius 1 is 1.04 bits per heavy atom. The van der Waals surface area contributed by atoms with Crippen molar-refractivity contribution in [2.75, 3.05) is 31.1 Å². The van der Waals surface area contributed by atoms with Crippen molar-refractivity contribution in [2.45, 2.75) is 6.54 Å². The molecule has 1 aliphatic rings. The second-order valence-electron chi connectivity index (χ2n) is 6.00. The molecule has 1 aliphatic heterocycles. The van der Waals surface area contributed by atoms with E-state index in [1.54, 1.807) is 0 Å². The average molecular weight is 338 g/mol. The van der Waals surface area contributed by atoms with Crippen molar-refractivity contribution in [1.82, 2.24) is 14.9 Å². The summed E-state index contributed by atoms with van der Waals surface area (Å²) in [7, 11) is 0. The molecule has 121 valence electrons. The molecule has 24 heavy (non-hydrogen) atoms. The molecule has 1 aromatic carbocycles. The fraction of sp³-hybridized carbons (Fsp3) is 0.263. The lowest BCUT2D eigenvalue weighted by molar-refractivity contribution is 0.250. The molecule has 0 aliphatic carbocycles. The molecule has 4 nitrogen and oxygen atoms in total. The SMILES string of the molecule is Clc1c[c]c(N2CCN(Cc3ccncc3)CC2)c2ncccc12. The predicted molar refractivity (Wildman–Crippen MR) is 97.3 cm³/mol. The Bertz CT molecular complexity index is 829. The van der Waals surface area contributed by atoms with E-state index in [4.69, 9.17) is 11.6 Å². The zero-order chi connectivity index (χ0) is 16.4. The van der Waals surface area contributed by atoms with Crippen LogP contribution in [0.5, 0.6) is 0 Å². The van der Waals surface area contributed by atoms with Gasteiger partial charge in [-0.25, -0.2) is 0 Å². The highest BCUT2D eigenvalue weighted by Gasteiger charge is 2.20. The second kappa shape index (κ2) is 6.75. The first-order valence-electron chi connectivity index (χ1n) is 8.12. The molecule has 0 amide bonds. The first kappa shape index (κ1) is 15.4. The summed E-state index contributed by atoms with van der Waals surface area (Å²) in [6.45, 7) is 4.95. The third-order valence-electron chi connectivity index (χ3n) is 4.47. The molecule has 0 atom stereocenters. The van der Waals surface area contributed by atoms with Crippen LogP contribution in [0.3, 0.4) is 0 Å². The van der Waals surface area contributed by atoms with Gasteiger partial charge in [-0.05, 0) is 35.9 Å². The van der Waals surface area contributed by atoms with Gasteiger partial charge in [-0.15, -0.1) is 0 Å². The fourth-order valence-electron chi connectivity index (χ4n) is 3.18. The Hall–Kier alpha value is -2.17. The minimum Gasteiger partial charge on any atom is -0.367 e. The Morgan fingerprint density at radius 2 is 1.83 bits per heavy atom. The maximum absolute atomic E-state index is 6.28. The zero-order valence-corrected chi connectivity index (χ0v) is 14.1. The Labute approximate surface area is 146 Å². The van der Waals surface area contributed by atoms with Gasteiger partial charge in [-0.3, -0.25) is 14.9 Å². The molecule has 5 heteroatoms. The maximum atomic E-state index is 6.28. The van der Waals surface area contributed by atoms with E-state index in [-0.39, 0.29) is 0 Å². The standard InChI is InChI=1S/C19H18ClN4/c20-17-3-4-18(19-16(17)2-1-7-22-19)24-12-10-23(11-13-24)14-15-5-8-21-9-6-15/h1-3,5-9H,10-14H2. The lowest BCUT2D eigenvalue weighted by Gasteiger charge is -2.36. The van der Waals surface area contributed by atoms with Gasteiger partial charge in [0.05, 0.1) is 16.2 Å². The van der Waals surface area contributed by atoms with Crippen LogP contribution in [0.4, 0.5) is 5.69 Å². The minimum atomic E-state index is 0.707. The number of hydrogen-bond donors (Lipinski definition) is 0. The summed E-state index contributed by atoms with van der Waals surface area (Å²) in [6, 6.07) is 13.3. The third kappa shape index (κ3) is 3.07. The Kier molecular flexibility index (Phi) is 4.32. The van der Waals surface area contributed by atoms with Gasteiger partial charge in [0.15, 0.2) is 0 Å². The van der Waals surface area contributed by atoms with Crippen LogP contribution in [0, 0.1) is 6.07 Å². The molecular formula is C19H18ClN4. The second-order valence-corrected chi connectivity index (χ2v) is 6.41. The van der Waals surface area contributed by atoms with E-state index in [0.29, 0.717) is 5.02 Å². The molecule has 1 fully saturated rings. The molecule has 1 radical (unpaired) electrons.